The summed E-state index contributed by atoms with van der Waals surface area (Å²) in [5, 5.41) is 0. The van der Waals surface area contributed by atoms with E-state index in [1.165, 1.54) is 27.0 Å². The number of alkyl halides is 3. The Morgan fingerprint density at radius 2 is 1.96 bits per heavy atom. The van der Waals surface area contributed by atoms with Gasteiger partial charge < -0.3 is 13.8 Å². The Morgan fingerprint density at radius 1 is 1.37 bits per heavy atom. The maximum absolute atomic E-state index is 15.0. The van der Waals surface area contributed by atoms with Gasteiger partial charge in [-0.1, -0.05) is 0 Å². The molecule has 0 radical (unpaired) electrons. The van der Waals surface area contributed by atoms with Crippen LogP contribution in [0.25, 0.3) is 0 Å². The van der Waals surface area contributed by atoms with Crippen LogP contribution >= 0.6 is 7.60 Å². The number of nitrogens with one attached hydrogen (secondary N) is 1. The first-order chi connectivity index (χ1) is 12.5. The second kappa shape index (κ2) is 7.90. The summed E-state index contributed by atoms with van der Waals surface area (Å²) in [5.41, 5.74) is -7.93. The van der Waals surface area contributed by atoms with Crippen molar-refractivity contribution in [3.8, 4) is 0 Å². The van der Waals surface area contributed by atoms with E-state index in [1.807, 2.05) is 4.98 Å². The zero-order chi connectivity index (χ0) is 20.5. The highest BCUT2D eigenvalue weighted by Crippen LogP contribution is 2.65. The Bertz CT molecular complexity index is 832. The predicted molar refractivity (Wildman–Crippen MR) is 89.9 cm³/mol. The molecule has 2 atom stereocenters. The average Bonchev–Trinajstić information content (AvgIpc) is 2.92. The van der Waals surface area contributed by atoms with Crippen LogP contribution in [0.1, 0.15) is 38.5 Å². The number of rotatable bonds is 8. The summed E-state index contributed by atoms with van der Waals surface area (Å²) >= 11 is 0. The maximum atomic E-state index is 15.0. The van der Waals surface area contributed by atoms with Gasteiger partial charge >= 0.3 is 18.9 Å². The average molecular weight is 414 g/mol. The number of ether oxygens (including phenoxy) is 1. The van der Waals surface area contributed by atoms with Gasteiger partial charge in [0.1, 0.15) is 11.9 Å². The maximum Gasteiger partial charge on any atom is 0.399 e. The Morgan fingerprint density at radius 3 is 2.52 bits per heavy atom. The summed E-state index contributed by atoms with van der Waals surface area (Å²) in [6.07, 6.45) is -2.06. The summed E-state index contributed by atoms with van der Waals surface area (Å²) in [7, 11) is -4.88. The second-order valence-electron chi connectivity index (χ2n) is 6.27. The van der Waals surface area contributed by atoms with E-state index in [1.54, 1.807) is 0 Å². The quantitative estimate of drug-likeness (QED) is 0.657. The second-order valence-corrected chi connectivity index (χ2v) is 8.44. The molecule has 1 aliphatic heterocycles. The lowest BCUT2D eigenvalue weighted by Gasteiger charge is -2.29. The van der Waals surface area contributed by atoms with Crippen molar-refractivity contribution in [2.45, 2.75) is 51.2 Å². The van der Waals surface area contributed by atoms with Crippen LogP contribution < -0.4 is 11.2 Å². The lowest BCUT2D eigenvalue weighted by Crippen LogP contribution is -2.35. The Labute approximate surface area is 153 Å². The highest BCUT2D eigenvalue weighted by Gasteiger charge is 2.59. The summed E-state index contributed by atoms with van der Waals surface area (Å²) < 4.78 is 71.8. The van der Waals surface area contributed by atoms with E-state index in [-0.39, 0.29) is 18.8 Å². The molecule has 2 heterocycles. The zero-order valence-corrected chi connectivity index (χ0v) is 16.1. The molecule has 8 nitrogen and oxygen atoms in total. The number of aryl methyl sites for hydroxylation is 1. The van der Waals surface area contributed by atoms with Crippen molar-refractivity contribution in [3.05, 3.63) is 32.6 Å². The van der Waals surface area contributed by atoms with Gasteiger partial charge in [-0.3, -0.25) is 18.9 Å². The topological polar surface area (TPSA) is 99.6 Å². The molecule has 1 aliphatic rings. The van der Waals surface area contributed by atoms with Crippen LogP contribution in [-0.2, 0) is 18.3 Å². The van der Waals surface area contributed by atoms with Crippen molar-refractivity contribution < 1.29 is 31.5 Å². The fraction of sp³-hybridized carbons (Fsp3) is 0.733. The van der Waals surface area contributed by atoms with Gasteiger partial charge in [0.15, 0.2) is 0 Å². The molecule has 27 heavy (non-hydrogen) atoms. The van der Waals surface area contributed by atoms with Gasteiger partial charge in [-0.15, -0.1) is 0 Å². The number of hydrogen-bond acceptors (Lipinski definition) is 6. The molecular weight excluding hydrogens is 392 g/mol. The number of halogens is 3. The summed E-state index contributed by atoms with van der Waals surface area (Å²) in [6.45, 7) is 2.84. The molecule has 1 fully saturated rings. The monoisotopic (exact) mass is 414 g/mol. The van der Waals surface area contributed by atoms with Gasteiger partial charge in [0.25, 0.3) is 5.56 Å². The number of aromatic nitrogens is 2. The van der Waals surface area contributed by atoms with Crippen molar-refractivity contribution in [2.24, 2.45) is 0 Å². The van der Waals surface area contributed by atoms with E-state index in [2.05, 4.69) is 9.05 Å². The molecule has 154 valence electrons. The van der Waals surface area contributed by atoms with Crippen molar-refractivity contribution in [1.82, 2.24) is 9.55 Å². The van der Waals surface area contributed by atoms with Crippen LogP contribution in [0.15, 0.2) is 15.8 Å². The van der Waals surface area contributed by atoms with Crippen molar-refractivity contribution in [2.75, 3.05) is 19.8 Å². The van der Waals surface area contributed by atoms with E-state index < -0.39 is 55.9 Å². The largest absolute Gasteiger partial charge is 0.399 e. The molecule has 0 amide bonds. The molecule has 1 N–H and O–H groups in total. The van der Waals surface area contributed by atoms with Gasteiger partial charge in [-0.05, 0) is 20.8 Å². The minimum absolute atomic E-state index is 0.178. The third-order valence-corrected chi connectivity index (χ3v) is 6.21. The van der Waals surface area contributed by atoms with Gasteiger partial charge in [0, 0.05) is 18.2 Å². The van der Waals surface area contributed by atoms with E-state index in [4.69, 9.17) is 4.74 Å². The first-order valence-electron chi connectivity index (χ1n) is 8.36. The Kier molecular flexibility index (Phi) is 6.40. The van der Waals surface area contributed by atoms with Gasteiger partial charge in [0.2, 0.25) is 0 Å². The van der Waals surface area contributed by atoms with Crippen molar-refractivity contribution >= 4 is 7.60 Å². The number of nitrogens with zero attached hydrogens (tertiary/aromatic N) is 1. The van der Waals surface area contributed by atoms with Gasteiger partial charge in [-0.2, -0.15) is 8.78 Å². The molecule has 0 aromatic carbocycles. The molecule has 0 saturated carbocycles. The molecule has 0 aliphatic carbocycles. The summed E-state index contributed by atoms with van der Waals surface area (Å²) in [4.78, 5) is 25.3. The minimum atomic E-state index is -4.88. The number of aromatic amines is 1. The standard InChI is InChI=1S/C15H22F3N2O6P/c1-4-25-27(23,26-5-2)15(17,18)8-14(16)6-11(24-9-14)20-7-10(3)12(21)19-13(20)22/h7,11H,4-6,8-9H2,1-3H3,(H,19,21,22)/t11-,14+/m0/s1. The molecule has 0 unspecified atom stereocenters. The van der Waals surface area contributed by atoms with E-state index in [9.17, 15) is 22.9 Å². The first kappa shape index (κ1) is 21.9. The van der Waals surface area contributed by atoms with Crippen LogP contribution in [0.5, 0.6) is 0 Å². The smallest absolute Gasteiger partial charge is 0.354 e. The molecule has 12 heteroatoms. The van der Waals surface area contributed by atoms with E-state index in [0.717, 1.165) is 4.57 Å². The molecule has 1 aromatic rings. The fourth-order valence-electron chi connectivity index (χ4n) is 2.82. The van der Waals surface area contributed by atoms with E-state index in [0.29, 0.717) is 0 Å². The SMILES string of the molecule is CCOP(=O)(OCC)C(F)(F)C[C@@]1(F)CO[C@H](n2cc(C)c(=O)[nH]c2=O)C1. The molecule has 0 bridgehead atoms. The summed E-state index contributed by atoms with van der Waals surface area (Å²) in [5.74, 6) is 0. The van der Waals surface area contributed by atoms with Crippen LogP contribution in [0, 0.1) is 6.92 Å². The van der Waals surface area contributed by atoms with Gasteiger partial charge in [0.05, 0.1) is 26.2 Å². The highest BCUT2D eigenvalue weighted by atomic mass is 31.2. The van der Waals surface area contributed by atoms with Crippen LogP contribution in [-0.4, -0.2) is 40.7 Å². The minimum Gasteiger partial charge on any atom is -0.354 e. The third-order valence-electron chi connectivity index (χ3n) is 4.06. The Hall–Kier alpha value is -1.42. The van der Waals surface area contributed by atoms with Gasteiger partial charge in [-0.25, -0.2) is 9.18 Å². The summed E-state index contributed by atoms with van der Waals surface area (Å²) in [6, 6.07) is 0. The van der Waals surface area contributed by atoms with Crippen molar-refractivity contribution in [3.63, 3.8) is 0 Å². The molecule has 1 saturated heterocycles. The van der Waals surface area contributed by atoms with Crippen LogP contribution in [0.3, 0.4) is 0 Å². The lowest BCUT2D eigenvalue weighted by molar-refractivity contribution is -0.0241. The predicted octanol–water partition coefficient (Wildman–Crippen LogP) is 2.72. The lowest BCUT2D eigenvalue weighted by atomic mass is 10.0. The number of H-pyrrole nitrogens is 1. The zero-order valence-electron chi connectivity index (χ0n) is 15.2. The van der Waals surface area contributed by atoms with Crippen molar-refractivity contribution in [1.29, 1.82) is 0 Å². The highest BCUT2D eigenvalue weighted by molar-refractivity contribution is 7.55. The Balaban J connectivity index is 2.23. The molecular formula is C15H22F3N2O6P. The molecule has 0 spiro atoms. The fourth-order valence-corrected chi connectivity index (χ4v) is 4.43. The van der Waals surface area contributed by atoms with E-state index >= 15 is 4.39 Å². The first-order valence-corrected chi connectivity index (χ1v) is 9.91. The van der Waals surface area contributed by atoms with Crippen LogP contribution in [0.2, 0.25) is 0 Å². The number of hydrogen-bond donors (Lipinski definition) is 1. The molecule has 2 rings (SSSR count). The molecule has 1 aromatic heterocycles. The van der Waals surface area contributed by atoms with Crippen LogP contribution in [0.4, 0.5) is 13.2 Å². The third kappa shape index (κ3) is 4.53. The normalized spacial score (nSPS) is 23.7.